The fraction of sp³-hybridized carbons (Fsp3) is 0.455. The number of phenolic OH excluding ortho intramolecular Hbond substituents is 1. The van der Waals surface area contributed by atoms with E-state index in [-0.39, 0.29) is 0 Å². The van der Waals surface area contributed by atoms with Crippen LogP contribution in [-0.4, -0.2) is 18.2 Å². The first-order valence-corrected chi connectivity index (χ1v) is 5.18. The molecular formula is C11H14ClNO. The standard InChI is InChI=1S/C11H14ClNO/c1-6-7(2)11(14)9(3-10(6)12)8-4-13-5-8/h3,8,13-14H,4-5H2,1-2H3. The van der Waals surface area contributed by atoms with Gasteiger partial charge in [0, 0.05) is 29.6 Å². The van der Waals surface area contributed by atoms with Gasteiger partial charge < -0.3 is 10.4 Å². The number of nitrogens with one attached hydrogen (secondary N) is 1. The predicted molar refractivity (Wildman–Crippen MR) is 58.2 cm³/mol. The molecule has 0 spiro atoms. The molecule has 0 aliphatic carbocycles. The number of rotatable bonds is 1. The van der Waals surface area contributed by atoms with E-state index in [2.05, 4.69) is 5.32 Å². The monoisotopic (exact) mass is 211 g/mol. The number of benzene rings is 1. The predicted octanol–water partition coefficient (Wildman–Crippen LogP) is 2.35. The summed E-state index contributed by atoms with van der Waals surface area (Å²) in [5.74, 6) is 0.838. The van der Waals surface area contributed by atoms with Gasteiger partial charge in [-0.15, -0.1) is 0 Å². The highest BCUT2D eigenvalue weighted by atomic mass is 35.5. The Morgan fingerprint density at radius 3 is 2.50 bits per heavy atom. The highest BCUT2D eigenvalue weighted by molar-refractivity contribution is 6.31. The van der Waals surface area contributed by atoms with Crippen molar-refractivity contribution in [2.45, 2.75) is 19.8 Å². The van der Waals surface area contributed by atoms with Crippen LogP contribution in [0, 0.1) is 13.8 Å². The summed E-state index contributed by atoms with van der Waals surface area (Å²) in [5.41, 5.74) is 2.86. The van der Waals surface area contributed by atoms with E-state index in [1.165, 1.54) is 0 Å². The Morgan fingerprint density at radius 1 is 1.36 bits per heavy atom. The lowest BCUT2D eigenvalue weighted by Gasteiger charge is -2.29. The summed E-state index contributed by atoms with van der Waals surface area (Å²) in [6.07, 6.45) is 0. The average molecular weight is 212 g/mol. The molecule has 2 nitrogen and oxygen atoms in total. The van der Waals surface area contributed by atoms with E-state index < -0.39 is 0 Å². The van der Waals surface area contributed by atoms with Crippen LogP contribution in [0.2, 0.25) is 5.02 Å². The highest BCUT2D eigenvalue weighted by Crippen LogP contribution is 2.36. The van der Waals surface area contributed by atoms with Crippen molar-refractivity contribution in [1.82, 2.24) is 5.32 Å². The second-order valence-electron chi connectivity index (χ2n) is 3.90. The van der Waals surface area contributed by atoms with Gasteiger partial charge >= 0.3 is 0 Å². The Labute approximate surface area is 88.9 Å². The van der Waals surface area contributed by atoms with Gasteiger partial charge in [-0.3, -0.25) is 0 Å². The quantitative estimate of drug-likeness (QED) is 0.748. The molecule has 0 bridgehead atoms. The van der Waals surface area contributed by atoms with Crippen molar-refractivity contribution in [3.8, 4) is 5.75 Å². The minimum absolute atomic E-state index is 0.415. The fourth-order valence-corrected chi connectivity index (χ4v) is 1.97. The minimum Gasteiger partial charge on any atom is -0.507 e. The molecule has 0 saturated carbocycles. The third-order valence-electron chi connectivity index (χ3n) is 3.05. The molecule has 0 unspecified atom stereocenters. The summed E-state index contributed by atoms with van der Waals surface area (Å²) < 4.78 is 0. The van der Waals surface area contributed by atoms with Gasteiger partial charge in [0.15, 0.2) is 0 Å². The summed E-state index contributed by atoms with van der Waals surface area (Å²) >= 11 is 6.08. The summed E-state index contributed by atoms with van der Waals surface area (Å²) in [5, 5.41) is 13.9. The zero-order valence-electron chi connectivity index (χ0n) is 8.39. The van der Waals surface area contributed by atoms with E-state index in [0.717, 1.165) is 34.8 Å². The Balaban J connectivity index is 2.49. The van der Waals surface area contributed by atoms with Gasteiger partial charge in [-0.1, -0.05) is 11.6 Å². The maximum Gasteiger partial charge on any atom is 0.122 e. The molecule has 2 rings (SSSR count). The van der Waals surface area contributed by atoms with E-state index in [1.54, 1.807) is 0 Å². The molecule has 76 valence electrons. The molecule has 1 aliphatic rings. The Morgan fingerprint density at radius 2 is 2.00 bits per heavy atom. The SMILES string of the molecule is Cc1c(Cl)cc(C2CNC2)c(O)c1C. The first-order valence-electron chi connectivity index (χ1n) is 4.80. The Kier molecular flexibility index (Phi) is 2.41. The molecule has 1 aromatic carbocycles. The van der Waals surface area contributed by atoms with Gasteiger partial charge in [-0.25, -0.2) is 0 Å². The molecule has 14 heavy (non-hydrogen) atoms. The van der Waals surface area contributed by atoms with Crippen molar-refractivity contribution in [3.63, 3.8) is 0 Å². The largest absolute Gasteiger partial charge is 0.507 e. The molecule has 0 radical (unpaired) electrons. The van der Waals surface area contributed by atoms with Gasteiger partial charge in [-0.2, -0.15) is 0 Å². The van der Waals surface area contributed by atoms with Crippen molar-refractivity contribution in [2.75, 3.05) is 13.1 Å². The number of hydrogen-bond acceptors (Lipinski definition) is 2. The molecule has 1 heterocycles. The van der Waals surface area contributed by atoms with E-state index in [1.807, 2.05) is 19.9 Å². The molecule has 1 saturated heterocycles. The van der Waals surface area contributed by atoms with Crippen LogP contribution in [-0.2, 0) is 0 Å². The number of halogens is 1. The highest BCUT2D eigenvalue weighted by Gasteiger charge is 2.24. The Bertz CT molecular complexity index is 372. The van der Waals surface area contributed by atoms with Crippen molar-refractivity contribution >= 4 is 11.6 Å². The second kappa shape index (κ2) is 3.44. The number of hydrogen-bond donors (Lipinski definition) is 2. The topological polar surface area (TPSA) is 32.3 Å². The van der Waals surface area contributed by atoms with Crippen LogP contribution in [0.25, 0.3) is 0 Å². The van der Waals surface area contributed by atoms with Crippen molar-refractivity contribution in [1.29, 1.82) is 0 Å². The van der Waals surface area contributed by atoms with E-state index in [4.69, 9.17) is 11.6 Å². The van der Waals surface area contributed by atoms with E-state index >= 15 is 0 Å². The second-order valence-corrected chi connectivity index (χ2v) is 4.31. The van der Waals surface area contributed by atoms with Crippen LogP contribution in [0.4, 0.5) is 0 Å². The van der Waals surface area contributed by atoms with E-state index in [9.17, 15) is 5.11 Å². The van der Waals surface area contributed by atoms with Crippen molar-refractivity contribution < 1.29 is 5.11 Å². The zero-order chi connectivity index (χ0) is 10.3. The minimum atomic E-state index is 0.415. The van der Waals surface area contributed by atoms with Crippen LogP contribution < -0.4 is 5.32 Å². The first kappa shape index (κ1) is 9.81. The van der Waals surface area contributed by atoms with Crippen LogP contribution in [0.15, 0.2) is 6.07 Å². The summed E-state index contributed by atoms with van der Waals surface area (Å²) in [7, 11) is 0. The van der Waals surface area contributed by atoms with Crippen LogP contribution in [0.1, 0.15) is 22.6 Å². The summed E-state index contributed by atoms with van der Waals surface area (Å²) in [6.45, 7) is 5.71. The molecule has 2 N–H and O–H groups in total. The van der Waals surface area contributed by atoms with Crippen LogP contribution in [0.3, 0.4) is 0 Å². The maximum absolute atomic E-state index is 9.95. The lowest BCUT2D eigenvalue weighted by atomic mass is 9.90. The zero-order valence-corrected chi connectivity index (χ0v) is 9.15. The summed E-state index contributed by atoms with van der Waals surface area (Å²) in [4.78, 5) is 0. The molecule has 0 amide bonds. The fourth-order valence-electron chi connectivity index (χ4n) is 1.71. The maximum atomic E-state index is 9.95. The van der Waals surface area contributed by atoms with Gasteiger partial charge in [-0.05, 0) is 31.0 Å². The molecule has 1 aromatic rings. The molecule has 0 aromatic heterocycles. The molecule has 1 aliphatic heterocycles. The Hall–Kier alpha value is -0.730. The normalized spacial score (nSPS) is 16.8. The van der Waals surface area contributed by atoms with Gasteiger partial charge in [0.25, 0.3) is 0 Å². The average Bonchev–Trinajstić information content (AvgIpc) is 2.08. The third-order valence-corrected chi connectivity index (χ3v) is 3.45. The molecule has 0 atom stereocenters. The molecular weight excluding hydrogens is 198 g/mol. The lowest BCUT2D eigenvalue weighted by Crippen LogP contribution is -2.39. The number of phenols is 1. The van der Waals surface area contributed by atoms with E-state index in [0.29, 0.717) is 11.7 Å². The number of aromatic hydroxyl groups is 1. The third kappa shape index (κ3) is 1.39. The van der Waals surface area contributed by atoms with Gasteiger partial charge in [0.05, 0.1) is 0 Å². The van der Waals surface area contributed by atoms with Gasteiger partial charge in [0.2, 0.25) is 0 Å². The van der Waals surface area contributed by atoms with Crippen LogP contribution in [0.5, 0.6) is 5.75 Å². The van der Waals surface area contributed by atoms with Crippen molar-refractivity contribution in [3.05, 3.63) is 27.8 Å². The smallest absolute Gasteiger partial charge is 0.122 e. The molecule has 3 heteroatoms. The summed E-state index contributed by atoms with van der Waals surface area (Å²) in [6, 6.07) is 1.89. The molecule has 1 fully saturated rings. The lowest BCUT2D eigenvalue weighted by molar-refractivity contribution is 0.411. The van der Waals surface area contributed by atoms with Crippen molar-refractivity contribution in [2.24, 2.45) is 0 Å². The van der Waals surface area contributed by atoms with Crippen LogP contribution >= 0.6 is 11.6 Å². The first-order chi connectivity index (χ1) is 6.61. The van der Waals surface area contributed by atoms with Gasteiger partial charge in [0.1, 0.15) is 5.75 Å².